The second-order valence-corrected chi connectivity index (χ2v) is 3.77. The molecule has 1 amide bonds. The summed E-state index contributed by atoms with van der Waals surface area (Å²) in [6, 6.07) is 3.89. The minimum Gasteiger partial charge on any atom is -0.344 e. The molecule has 0 radical (unpaired) electrons. The van der Waals surface area contributed by atoms with E-state index >= 15 is 0 Å². The first kappa shape index (κ1) is 19.5. The van der Waals surface area contributed by atoms with Crippen molar-refractivity contribution in [1.29, 1.82) is 0 Å². The molecule has 4 nitrogen and oxygen atoms in total. The van der Waals surface area contributed by atoms with E-state index in [0.717, 1.165) is 25.1 Å². The van der Waals surface area contributed by atoms with Gasteiger partial charge in [-0.2, -0.15) is 0 Å². The van der Waals surface area contributed by atoms with E-state index in [1.165, 1.54) is 0 Å². The molecule has 1 aromatic heterocycles. The lowest BCUT2D eigenvalue weighted by Crippen LogP contribution is -2.32. The standard InChI is InChI=1S/C12H19N3O.2ClH/c1-13-9-10-15(2)12(16)4-3-11-5-7-14-8-6-11;;/h5-8,13H,3-4,9-10H2,1-2H3;2*1H. The quantitative estimate of drug-likeness (QED) is 0.865. The van der Waals surface area contributed by atoms with Gasteiger partial charge in [0.25, 0.3) is 0 Å². The number of rotatable bonds is 6. The van der Waals surface area contributed by atoms with Gasteiger partial charge in [-0.3, -0.25) is 9.78 Å². The zero-order valence-electron chi connectivity index (χ0n) is 10.8. The number of aryl methyl sites for hydroxylation is 1. The Hall–Kier alpha value is -0.840. The van der Waals surface area contributed by atoms with Crippen LogP contribution in [0.1, 0.15) is 12.0 Å². The van der Waals surface area contributed by atoms with Gasteiger partial charge in [0.15, 0.2) is 0 Å². The van der Waals surface area contributed by atoms with Crippen molar-refractivity contribution in [3.05, 3.63) is 30.1 Å². The molecule has 0 saturated carbocycles. The molecule has 0 atom stereocenters. The fourth-order valence-corrected chi connectivity index (χ4v) is 1.40. The number of carbonyl (C=O) groups is 1. The van der Waals surface area contributed by atoms with E-state index in [0.29, 0.717) is 6.42 Å². The number of carbonyl (C=O) groups excluding carboxylic acids is 1. The number of hydrogen-bond acceptors (Lipinski definition) is 3. The summed E-state index contributed by atoms with van der Waals surface area (Å²) in [6.45, 7) is 1.59. The number of nitrogens with one attached hydrogen (secondary N) is 1. The Bertz CT molecular complexity index is 322. The summed E-state index contributed by atoms with van der Waals surface area (Å²) in [5.74, 6) is 0.187. The maximum atomic E-state index is 11.7. The molecular formula is C12H21Cl2N3O. The van der Waals surface area contributed by atoms with Crippen molar-refractivity contribution >= 4 is 30.7 Å². The molecule has 104 valence electrons. The number of likely N-dealkylation sites (N-methyl/N-ethyl adjacent to an activating group) is 2. The van der Waals surface area contributed by atoms with E-state index in [9.17, 15) is 4.79 Å². The molecule has 18 heavy (non-hydrogen) atoms. The van der Waals surface area contributed by atoms with Crippen LogP contribution < -0.4 is 5.32 Å². The number of nitrogens with zero attached hydrogens (tertiary/aromatic N) is 2. The number of hydrogen-bond donors (Lipinski definition) is 1. The maximum absolute atomic E-state index is 11.7. The van der Waals surface area contributed by atoms with Crippen LogP contribution in [0.15, 0.2) is 24.5 Å². The summed E-state index contributed by atoms with van der Waals surface area (Å²) in [4.78, 5) is 17.4. The fraction of sp³-hybridized carbons (Fsp3) is 0.500. The third-order valence-corrected chi connectivity index (χ3v) is 2.50. The highest BCUT2D eigenvalue weighted by molar-refractivity contribution is 5.85. The lowest BCUT2D eigenvalue weighted by atomic mass is 10.1. The maximum Gasteiger partial charge on any atom is 0.222 e. The van der Waals surface area contributed by atoms with Gasteiger partial charge in [-0.25, -0.2) is 0 Å². The summed E-state index contributed by atoms with van der Waals surface area (Å²) < 4.78 is 0. The van der Waals surface area contributed by atoms with E-state index in [4.69, 9.17) is 0 Å². The zero-order valence-corrected chi connectivity index (χ0v) is 12.4. The molecule has 1 N–H and O–H groups in total. The lowest BCUT2D eigenvalue weighted by molar-refractivity contribution is -0.129. The molecule has 0 aliphatic heterocycles. The summed E-state index contributed by atoms with van der Waals surface area (Å²) in [5.41, 5.74) is 1.16. The fourth-order valence-electron chi connectivity index (χ4n) is 1.40. The largest absolute Gasteiger partial charge is 0.344 e. The van der Waals surface area contributed by atoms with Crippen molar-refractivity contribution in [3.63, 3.8) is 0 Å². The van der Waals surface area contributed by atoms with Crippen molar-refractivity contribution in [2.24, 2.45) is 0 Å². The van der Waals surface area contributed by atoms with Gasteiger partial charge < -0.3 is 10.2 Å². The van der Waals surface area contributed by atoms with Crippen molar-refractivity contribution in [2.75, 3.05) is 27.2 Å². The smallest absolute Gasteiger partial charge is 0.222 e. The molecular weight excluding hydrogens is 273 g/mol. The second-order valence-electron chi connectivity index (χ2n) is 3.77. The first-order valence-electron chi connectivity index (χ1n) is 5.51. The van der Waals surface area contributed by atoms with Crippen LogP contribution >= 0.6 is 24.8 Å². The van der Waals surface area contributed by atoms with E-state index in [-0.39, 0.29) is 30.7 Å². The Kier molecular flexibility index (Phi) is 12.2. The number of halogens is 2. The molecule has 0 saturated heterocycles. The molecule has 0 unspecified atom stereocenters. The molecule has 1 rings (SSSR count). The van der Waals surface area contributed by atoms with E-state index in [1.54, 1.807) is 17.3 Å². The average molecular weight is 294 g/mol. The Balaban J connectivity index is 0. The SMILES string of the molecule is CNCCN(C)C(=O)CCc1ccncc1.Cl.Cl. The average Bonchev–Trinajstić information content (AvgIpc) is 2.34. The lowest BCUT2D eigenvalue weighted by Gasteiger charge is -2.16. The first-order valence-corrected chi connectivity index (χ1v) is 5.51. The second kappa shape index (κ2) is 11.3. The van der Waals surface area contributed by atoms with Crippen LogP contribution in [0.2, 0.25) is 0 Å². The molecule has 0 aliphatic carbocycles. The Labute approximate surface area is 121 Å². The van der Waals surface area contributed by atoms with Gasteiger partial charge in [-0.15, -0.1) is 24.8 Å². The van der Waals surface area contributed by atoms with Crippen LogP contribution in [0.4, 0.5) is 0 Å². The van der Waals surface area contributed by atoms with Crippen LogP contribution in [0.3, 0.4) is 0 Å². The molecule has 0 bridgehead atoms. The van der Waals surface area contributed by atoms with Gasteiger partial charge >= 0.3 is 0 Å². The molecule has 0 aliphatic rings. The topological polar surface area (TPSA) is 45.2 Å². The predicted octanol–water partition coefficient (Wildman–Crippen LogP) is 1.54. The van der Waals surface area contributed by atoms with Gasteiger partial charge in [0.1, 0.15) is 0 Å². The molecule has 0 spiro atoms. The van der Waals surface area contributed by atoms with Gasteiger partial charge in [0.2, 0.25) is 5.91 Å². The van der Waals surface area contributed by atoms with Crippen LogP contribution in [-0.4, -0.2) is 43.0 Å². The van der Waals surface area contributed by atoms with E-state index in [2.05, 4.69) is 10.3 Å². The van der Waals surface area contributed by atoms with Crippen LogP contribution in [0, 0.1) is 0 Å². The van der Waals surface area contributed by atoms with Gasteiger partial charge in [-0.1, -0.05) is 0 Å². The third kappa shape index (κ3) is 7.48. The highest BCUT2D eigenvalue weighted by Gasteiger charge is 2.07. The van der Waals surface area contributed by atoms with Crippen molar-refractivity contribution in [1.82, 2.24) is 15.2 Å². The zero-order chi connectivity index (χ0) is 11.8. The van der Waals surface area contributed by atoms with Crippen molar-refractivity contribution in [3.8, 4) is 0 Å². The van der Waals surface area contributed by atoms with Crippen molar-refractivity contribution < 1.29 is 4.79 Å². The molecule has 6 heteroatoms. The number of aromatic nitrogens is 1. The summed E-state index contributed by atoms with van der Waals surface area (Å²) in [7, 11) is 3.72. The minimum atomic E-state index is 0. The Morgan fingerprint density at radius 3 is 2.50 bits per heavy atom. The van der Waals surface area contributed by atoms with Crippen LogP contribution in [0.25, 0.3) is 0 Å². The summed E-state index contributed by atoms with van der Waals surface area (Å²) in [6.07, 6.45) is 4.85. The van der Waals surface area contributed by atoms with E-state index < -0.39 is 0 Å². The third-order valence-electron chi connectivity index (χ3n) is 2.50. The van der Waals surface area contributed by atoms with Crippen LogP contribution in [0.5, 0.6) is 0 Å². The summed E-state index contributed by atoms with van der Waals surface area (Å²) in [5, 5.41) is 3.03. The first-order chi connectivity index (χ1) is 7.74. The van der Waals surface area contributed by atoms with Gasteiger partial charge in [-0.05, 0) is 31.2 Å². The number of amides is 1. The highest BCUT2D eigenvalue weighted by atomic mass is 35.5. The number of pyridine rings is 1. The normalized spacial score (nSPS) is 9.00. The minimum absolute atomic E-state index is 0. The molecule has 1 heterocycles. The van der Waals surface area contributed by atoms with Crippen molar-refractivity contribution in [2.45, 2.75) is 12.8 Å². The Morgan fingerprint density at radius 1 is 1.33 bits per heavy atom. The van der Waals surface area contributed by atoms with Crippen LogP contribution in [-0.2, 0) is 11.2 Å². The van der Waals surface area contributed by atoms with Gasteiger partial charge in [0, 0.05) is 39.0 Å². The molecule has 0 fully saturated rings. The van der Waals surface area contributed by atoms with E-state index in [1.807, 2.05) is 26.2 Å². The predicted molar refractivity (Wildman–Crippen MR) is 78.6 cm³/mol. The summed E-state index contributed by atoms with van der Waals surface area (Å²) >= 11 is 0. The van der Waals surface area contributed by atoms with Gasteiger partial charge in [0.05, 0.1) is 0 Å². The monoisotopic (exact) mass is 293 g/mol. The molecule has 0 aromatic carbocycles. The Morgan fingerprint density at radius 2 is 1.94 bits per heavy atom. The molecule has 1 aromatic rings. The highest BCUT2D eigenvalue weighted by Crippen LogP contribution is 2.02.